The second kappa shape index (κ2) is 6.99. The zero-order valence-corrected chi connectivity index (χ0v) is 16.1. The number of sulfonamides is 1. The van der Waals surface area contributed by atoms with Crippen molar-refractivity contribution in [3.63, 3.8) is 0 Å². The topological polar surface area (TPSA) is 68.2 Å². The predicted molar refractivity (Wildman–Crippen MR) is 101 cm³/mol. The van der Waals surface area contributed by atoms with Gasteiger partial charge in [0.25, 0.3) is 0 Å². The molecule has 0 bridgehead atoms. The van der Waals surface area contributed by atoms with Gasteiger partial charge in [0.15, 0.2) is 11.5 Å². The van der Waals surface area contributed by atoms with Crippen LogP contribution in [0.2, 0.25) is 0 Å². The van der Waals surface area contributed by atoms with Gasteiger partial charge in [-0.2, -0.15) is 9.52 Å². The summed E-state index contributed by atoms with van der Waals surface area (Å²) >= 11 is 0. The van der Waals surface area contributed by atoms with Crippen LogP contribution in [0.25, 0.3) is 0 Å². The lowest BCUT2D eigenvalue weighted by Crippen LogP contribution is -2.25. The number of hydrazone groups is 1. The van der Waals surface area contributed by atoms with E-state index in [9.17, 15) is 8.42 Å². The van der Waals surface area contributed by atoms with Crippen molar-refractivity contribution >= 4 is 15.7 Å². The van der Waals surface area contributed by atoms with E-state index in [4.69, 9.17) is 9.47 Å². The number of benzene rings is 2. The molecule has 2 aromatic rings. The number of rotatable bonds is 5. The molecule has 1 aliphatic heterocycles. The summed E-state index contributed by atoms with van der Waals surface area (Å²) in [4.78, 5) is 0. The number of methoxy groups -OCH3 is 2. The van der Waals surface area contributed by atoms with E-state index >= 15 is 0 Å². The van der Waals surface area contributed by atoms with Crippen LogP contribution in [0.4, 0.5) is 0 Å². The molecule has 0 aliphatic carbocycles. The molecule has 2 aromatic carbocycles. The summed E-state index contributed by atoms with van der Waals surface area (Å²) in [6.45, 7) is 1.99. The highest BCUT2D eigenvalue weighted by Crippen LogP contribution is 2.36. The van der Waals surface area contributed by atoms with Gasteiger partial charge in [0.05, 0.1) is 32.2 Å². The third-order valence-electron chi connectivity index (χ3n) is 4.36. The molecule has 0 amide bonds. The second-order valence-corrected chi connectivity index (χ2v) is 8.13. The van der Waals surface area contributed by atoms with Gasteiger partial charge in [-0.05, 0) is 30.7 Å². The standard InChI is InChI=1S/C19H22N2O4S/c1-13-6-5-7-15(10-13)17-12-16(20-21(17)26(4,22)23)14-8-9-18(24-2)19(11-14)25-3/h5-11,17H,12H2,1-4H3. The van der Waals surface area contributed by atoms with Crippen LogP contribution in [-0.2, 0) is 10.0 Å². The third-order valence-corrected chi connectivity index (χ3v) is 5.37. The first-order valence-electron chi connectivity index (χ1n) is 8.19. The molecular weight excluding hydrogens is 352 g/mol. The minimum atomic E-state index is -3.49. The summed E-state index contributed by atoms with van der Waals surface area (Å²) in [5.41, 5.74) is 3.51. The highest BCUT2D eigenvalue weighted by molar-refractivity contribution is 7.88. The molecule has 1 atom stereocenters. The van der Waals surface area contributed by atoms with Crippen LogP contribution in [0, 0.1) is 6.92 Å². The van der Waals surface area contributed by atoms with E-state index in [0.717, 1.165) is 16.7 Å². The minimum Gasteiger partial charge on any atom is -0.493 e. The summed E-state index contributed by atoms with van der Waals surface area (Å²) in [6.07, 6.45) is 1.67. The SMILES string of the molecule is COc1ccc(C2=NN(S(C)(=O)=O)C(c3cccc(C)c3)C2)cc1OC. The van der Waals surface area contributed by atoms with E-state index in [-0.39, 0.29) is 6.04 Å². The first-order valence-corrected chi connectivity index (χ1v) is 10.0. The van der Waals surface area contributed by atoms with Gasteiger partial charge in [-0.25, -0.2) is 8.42 Å². The van der Waals surface area contributed by atoms with Gasteiger partial charge >= 0.3 is 0 Å². The van der Waals surface area contributed by atoms with E-state index in [1.807, 2.05) is 43.3 Å². The van der Waals surface area contributed by atoms with Crippen molar-refractivity contribution in [2.24, 2.45) is 5.10 Å². The van der Waals surface area contributed by atoms with E-state index in [0.29, 0.717) is 23.6 Å². The summed E-state index contributed by atoms with van der Waals surface area (Å²) < 4.78 is 36.4. The molecule has 0 N–H and O–H groups in total. The fourth-order valence-corrected chi connectivity index (χ4v) is 4.02. The van der Waals surface area contributed by atoms with E-state index in [1.54, 1.807) is 20.3 Å². The highest BCUT2D eigenvalue weighted by atomic mass is 32.2. The lowest BCUT2D eigenvalue weighted by Gasteiger charge is -2.21. The summed E-state index contributed by atoms with van der Waals surface area (Å²) in [5.74, 6) is 1.20. The average molecular weight is 374 g/mol. The van der Waals surface area contributed by atoms with Crippen LogP contribution in [0.1, 0.15) is 29.2 Å². The van der Waals surface area contributed by atoms with Crippen molar-refractivity contribution < 1.29 is 17.9 Å². The Bertz CT molecular complexity index is 954. The van der Waals surface area contributed by atoms with Crippen molar-refractivity contribution in [2.45, 2.75) is 19.4 Å². The minimum absolute atomic E-state index is 0.354. The van der Waals surface area contributed by atoms with Gasteiger partial charge in [-0.1, -0.05) is 29.8 Å². The number of hydrogen-bond acceptors (Lipinski definition) is 5. The summed E-state index contributed by atoms with van der Waals surface area (Å²) in [7, 11) is -0.353. The van der Waals surface area contributed by atoms with Gasteiger partial charge in [-0.15, -0.1) is 0 Å². The van der Waals surface area contributed by atoms with Crippen LogP contribution in [0.5, 0.6) is 11.5 Å². The van der Waals surface area contributed by atoms with Gasteiger partial charge in [-0.3, -0.25) is 0 Å². The molecule has 6 nitrogen and oxygen atoms in total. The number of ether oxygens (including phenoxy) is 2. The zero-order valence-electron chi connectivity index (χ0n) is 15.3. The Morgan fingerprint density at radius 3 is 2.42 bits per heavy atom. The summed E-state index contributed by atoms with van der Waals surface area (Å²) in [5, 5.41) is 4.41. The molecule has 0 saturated heterocycles. The van der Waals surface area contributed by atoms with Crippen molar-refractivity contribution in [1.82, 2.24) is 4.41 Å². The first kappa shape index (κ1) is 18.3. The lowest BCUT2D eigenvalue weighted by molar-refractivity contribution is 0.355. The Hall–Kier alpha value is -2.54. The van der Waals surface area contributed by atoms with Gasteiger partial charge in [0.1, 0.15) is 0 Å². The second-order valence-electron chi connectivity index (χ2n) is 6.29. The van der Waals surface area contributed by atoms with Crippen molar-refractivity contribution in [2.75, 3.05) is 20.5 Å². The molecule has 3 rings (SSSR count). The molecule has 0 aromatic heterocycles. The van der Waals surface area contributed by atoms with Crippen molar-refractivity contribution in [3.8, 4) is 11.5 Å². The van der Waals surface area contributed by atoms with Crippen molar-refractivity contribution in [3.05, 3.63) is 59.2 Å². The third kappa shape index (κ3) is 3.53. The molecule has 1 heterocycles. The number of nitrogens with zero attached hydrogens (tertiary/aromatic N) is 2. The Kier molecular flexibility index (Phi) is 4.91. The largest absolute Gasteiger partial charge is 0.493 e. The van der Waals surface area contributed by atoms with Crippen LogP contribution in [-0.4, -0.2) is 39.0 Å². The maximum atomic E-state index is 12.3. The molecule has 138 valence electrons. The summed E-state index contributed by atoms with van der Waals surface area (Å²) in [6, 6.07) is 13.0. The molecule has 7 heteroatoms. The van der Waals surface area contributed by atoms with Crippen molar-refractivity contribution in [1.29, 1.82) is 0 Å². The normalized spacial score (nSPS) is 17.2. The lowest BCUT2D eigenvalue weighted by atomic mass is 9.98. The van der Waals surface area contributed by atoms with Gasteiger partial charge in [0.2, 0.25) is 10.0 Å². The molecule has 0 saturated carbocycles. The van der Waals surface area contributed by atoms with Crippen LogP contribution in [0.15, 0.2) is 47.6 Å². The fraction of sp³-hybridized carbons (Fsp3) is 0.316. The Morgan fingerprint density at radius 1 is 1.08 bits per heavy atom. The Balaban J connectivity index is 2.02. The maximum Gasteiger partial charge on any atom is 0.247 e. The van der Waals surface area contributed by atoms with E-state index in [1.165, 1.54) is 10.7 Å². The molecule has 1 unspecified atom stereocenters. The average Bonchev–Trinajstić information content (AvgIpc) is 3.07. The molecule has 1 aliphatic rings. The van der Waals surface area contributed by atoms with Crippen LogP contribution >= 0.6 is 0 Å². The maximum absolute atomic E-state index is 12.3. The number of hydrogen-bond donors (Lipinski definition) is 0. The molecule has 26 heavy (non-hydrogen) atoms. The van der Waals surface area contributed by atoms with E-state index < -0.39 is 10.0 Å². The van der Waals surface area contributed by atoms with E-state index in [2.05, 4.69) is 5.10 Å². The quantitative estimate of drug-likeness (QED) is 0.806. The zero-order chi connectivity index (χ0) is 18.9. The fourth-order valence-electron chi connectivity index (χ4n) is 3.11. The smallest absolute Gasteiger partial charge is 0.247 e. The van der Waals surface area contributed by atoms with Crippen LogP contribution < -0.4 is 9.47 Å². The monoisotopic (exact) mass is 374 g/mol. The number of aryl methyl sites for hydroxylation is 1. The molecule has 0 spiro atoms. The first-order chi connectivity index (χ1) is 12.3. The Morgan fingerprint density at radius 2 is 1.81 bits per heavy atom. The van der Waals surface area contributed by atoms with Gasteiger partial charge in [0, 0.05) is 12.0 Å². The molecular formula is C19H22N2O4S. The van der Waals surface area contributed by atoms with Gasteiger partial charge < -0.3 is 9.47 Å². The molecule has 0 fully saturated rings. The highest BCUT2D eigenvalue weighted by Gasteiger charge is 2.34. The van der Waals surface area contributed by atoms with Crippen LogP contribution in [0.3, 0.4) is 0 Å². The molecule has 0 radical (unpaired) electrons. The predicted octanol–water partition coefficient (Wildman–Crippen LogP) is 3.12. The Labute approximate surface area is 154 Å².